The molecule has 7 heteroatoms. The molecule has 1 aromatic carbocycles. The minimum absolute atomic E-state index is 0.0114. The normalized spacial score (nSPS) is 23.1. The summed E-state index contributed by atoms with van der Waals surface area (Å²) in [7, 11) is 0. The Morgan fingerprint density at radius 2 is 1.90 bits per heavy atom. The lowest BCUT2D eigenvalue weighted by Gasteiger charge is -2.44. The topological polar surface area (TPSA) is 75.9 Å². The summed E-state index contributed by atoms with van der Waals surface area (Å²) in [6.45, 7) is 5.29. The highest BCUT2D eigenvalue weighted by Crippen LogP contribution is 2.28. The number of piperidine rings is 3. The third-order valence-corrected chi connectivity index (χ3v) is 6.16. The first kappa shape index (κ1) is 18.0. The van der Waals surface area contributed by atoms with Crippen LogP contribution in [0.1, 0.15) is 28.9 Å². The summed E-state index contributed by atoms with van der Waals surface area (Å²) >= 11 is 0. The molecule has 3 saturated heterocycles. The van der Waals surface area contributed by atoms with Crippen LogP contribution in [0.4, 0.5) is 0 Å². The Bertz CT molecular complexity index is 1020. The van der Waals surface area contributed by atoms with Crippen LogP contribution in [0.2, 0.25) is 0 Å². The number of nitrogens with one attached hydrogen (secondary N) is 1. The van der Waals surface area contributed by atoms with Crippen LogP contribution in [0.15, 0.2) is 49.1 Å². The summed E-state index contributed by atoms with van der Waals surface area (Å²) in [6.07, 6.45) is 5.63. The van der Waals surface area contributed by atoms with E-state index in [1.54, 1.807) is 17.2 Å². The number of benzene rings is 1. The summed E-state index contributed by atoms with van der Waals surface area (Å²) in [4.78, 5) is 20.0. The Hall–Kier alpha value is -3.06. The predicted octanol–water partition coefficient (Wildman–Crippen LogP) is 2.46. The summed E-state index contributed by atoms with van der Waals surface area (Å²) in [5.41, 5.74) is 3.60. The van der Waals surface area contributed by atoms with E-state index in [1.807, 2.05) is 43.3 Å². The number of fused-ring (bicyclic) bond motifs is 3. The van der Waals surface area contributed by atoms with Crippen LogP contribution in [-0.2, 0) is 0 Å². The van der Waals surface area contributed by atoms with E-state index in [9.17, 15) is 4.79 Å². The van der Waals surface area contributed by atoms with Crippen LogP contribution in [0.25, 0.3) is 16.9 Å². The Labute approximate surface area is 169 Å². The fraction of sp³-hybridized carbons (Fsp3) is 0.364. The number of amides is 1. The minimum Gasteiger partial charge on any atom is -0.348 e. The number of aryl methyl sites for hydroxylation is 1. The molecular weight excluding hydrogens is 364 g/mol. The maximum absolute atomic E-state index is 12.9. The first-order valence-corrected chi connectivity index (χ1v) is 10.1. The van der Waals surface area contributed by atoms with Crippen LogP contribution < -0.4 is 5.32 Å². The quantitative estimate of drug-likeness (QED) is 0.743. The monoisotopic (exact) mass is 388 g/mol. The number of aromatic nitrogens is 4. The Morgan fingerprint density at radius 3 is 2.59 bits per heavy atom. The Kier molecular flexibility index (Phi) is 4.60. The highest BCUT2D eigenvalue weighted by molar-refractivity contribution is 5.95. The van der Waals surface area contributed by atoms with Gasteiger partial charge in [-0.25, -0.2) is 4.98 Å². The lowest BCUT2D eigenvalue weighted by molar-refractivity contribution is 0.0620. The molecule has 2 aromatic heterocycles. The first-order chi connectivity index (χ1) is 14.2. The maximum atomic E-state index is 12.9. The van der Waals surface area contributed by atoms with Crippen molar-refractivity contribution >= 4 is 5.91 Å². The van der Waals surface area contributed by atoms with E-state index >= 15 is 0 Å². The fourth-order valence-electron chi connectivity index (χ4n) is 4.52. The molecule has 3 fully saturated rings. The van der Waals surface area contributed by atoms with Gasteiger partial charge < -0.3 is 10.2 Å². The van der Waals surface area contributed by atoms with Crippen LogP contribution >= 0.6 is 0 Å². The molecule has 148 valence electrons. The van der Waals surface area contributed by atoms with Crippen molar-refractivity contribution in [3.05, 3.63) is 60.3 Å². The standard InChI is InChI=1S/C22H24N6O/c1-15-19(5-6-21(25-15)28-13-23-24-14-28)17-3-2-4-18(11-17)22(29)26-20-12-27-9-7-16(20)8-10-27/h2-6,11,13-14,16,20H,7-10,12H2,1H3,(H,26,29). The van der Waals surface area contributed by atoms with E-state index in [2.05, 4.69) is 25.4 Å². The molecule has 7 nitrogen and oxygen atoms in total. The zero-order valence-electron chi connectivity index (χ0n) is 16.5. The number of nitrogens with zero attached hydrogens (tertiary/aromatic N) is 5. The zero-order valence-corrected chi connectivity index (χ0v) is 16.5. The molecule has 1 amide bonds. The second-order valence-corrected chi connectivity index (χ2v) is 7.97. The minimum atomic E-state index is 0.0114. The Balaban J connectivity index is 1.36. The molecule has 3 aromatic rings. The molecule has 6 rings (SSSR count). The van der Waals surface area contributed by atoms with Crippen LogP contribution in [0.3, 0.4) is 0 Å². The summed E-state index contributed by atoms with van der Waals surface area (Å²) in [5, 5.41) is 10.9. The summed E-state index contributed by atoms with van der Waals surface area (Å²) in [6, 6.07) is 12.0. The lowest BCUT2D eigenvalue weighted by atomic mass is 9.84. The summed E-state index contributed by atoms with van der Waals surface area (Å²) in [5.74, 6) is 1.40. The molecule has 2 bridgehead atoms. The molecule has 5 heterocycles. The van der Waals surface area contributed by atoms with Gasteiger partial charge in [-0.2, -0.15) is 0 Å². The average molecular weight is 388 g/mol. The molecule has 0 spiro atoms. The third kappa shape index (κ3) is 3.53. The van der Waals surface area contributed by atoms with Gasteiger partial charge in [0.25, 0.3) is 5.91 Å². The molecule has 0 aliphatic carbocycles. The highest BCUT2D eigenvalue weighted by Gasteiger charge is 2.34. The SMILES string of the molecule is Cc1nc(-n2cnnc2)ccc1-c1cccc(C(=O)NC2CN3CCC2CC3)c1. The lowest BCUT2D eigenvalue weighted by Crippen LogP contribution is -2.57. The number of pyridine rings is 1. The molecule has 1 N–H and O–H groups in total. The van der Waals surface area contributed by atoms with Crippen molar-refractivity contribution in [3.8, 4) is 16.9 Å². The molecule has 0 saturated carbocycles. The number of carbonyl (C=O) groups excluding carboxylic acids is 1. The van der Waals surface area contributed by atoms with Crippen LogP contribution in [-0.4, -0.2) is 56.2 Å². The van der Waals surface area contributed by atoms with Gasteiger partial charge in [-0.15, -0.1) is 10.2 Å². The molecule has 3 aliphatic heterocycles. The number of hydrogen-bond acceptors (Lipinski definition) is 5. The third-order valence-electron chi connectivity index (χ3n) is 6.16. The first-order valence-electron chi connectivity index (χ1n) is 10.1. The largest absolute Gasteiger partial charge is 0.348 e. The number of rotatable bonds is 4. The average Bonchev–Trinajstić information content (AvgIpc) is 3.30. The van der Waals surface area contributed by atoms with Gasteiger partial charge in [0.2, 0.25) is 0 Å². The van der Waals surface area contributed by atoms with Gasteiger partial charge in [0.15, 0.2) is 0 Å². The molecule has 1 atom stereocenters. The maximum Gasteiger partial charge on any atom is 0.251 e. The molecule has 29 heavy (non-hydrogen) atoms. The molecule has 3 aliphatic rings. The van der Waals surface area contributed by atoms with Crippen molar-refractivity contribution in [2.45, 2.75) is 25.8 Å². The van der Waals surface area contributed by atoms with E-state index in [4.69, 9.17) is 0 Å². The van der Waals surface area contributed by atoms with E-state index < -0.39 is 0 Å². The van der Waals surface area contributed by atoms with Crippen molar-refractivity contribution < 1.29 is 4.79 Å². The van der Waals surface area contributed by atoms with E-state index in [1.165, 1.54) is 25.9 Å². The van der Waals surface area contributed by atoms with Gasteiger partial charge in [0.1, 0.15) is 18.5 Å². The molecular formula is C22H24N6O. The van der Waals surface area contributed by atoms with Gasteiger partial charge in [-0.1, -0.05) is 12.1 Å². The van der Waals surface area contributed by atoms with Gasteiger partial charge >= 0.3 is 0 Å². The zero-order chi connectivity index (χ0) is 19.8. The molecule has 1 unspecified atom stereocenters. The van der Waals surface area contributed by atoms with Crippen molar-refractivity contribution in [2.24, 2.45) is 5.92 Å². The van der Waals surface area contributed by atoms with Crippen molar-refractivity contribution in [3.63, 3.8) is 0 Å². The molecule has 0 radical (unpaired) electrons. The number of hydrogen-bond donors (Lipinski definition) is 1. The van der Waals surface area contributed by atoms with Gasteiger partial charge in [-0.05, 0) is 68.6 Å². The van der Waals surface area contributed by atoms with E-state index in [0.29, 0.717) is 11.5 Å². The summed E-state index contributed by atoms with van der Waals surface area (Å²) < 4.78 is 1.77. The van der Waals surface area contributed by atoms with Crippen molar-refractivity contribution in [1.82, 2.24) is 30.0 Å². The van der Waals surface area contributed by atoms with Crippen molar-refractivity contribution in [1.29, 1.82) is 0 Å². The smallest absolute Gasteiger partial charge is 0.251 e. The predicted molar refractivity (Wildman–Crippen MR) is 110 cm³/mol. The van der Waals surface area contributed by atoms with Gasteiger partial charge in [0.05, 0.1) is 0 Å². The second-order valence-electron chi connectivity index (χ2n) is 7.97. The number of carbonyl (C=O) groups is 1. The van der Waals surface area contributed by atoms with Crippen molar-refractivity contribution in [2.75, 3.05) is 19.6 Å². The highest BCUT2D eigenvalue weighted by atomic mass is 16.1. The second kappa shape index (κ2) is 7.40. The van der Waals surface area contributed by atoms with Crippen LogP contribution in [0, 0.1) is 12.8 Å². The van der Waals surface area contributed by atoms with Gasteiger partial charge in [0, 0.05) is 29.4 Å². The Morgan fingerprint density at radius 1 is 1.10 bits per heavy atom. The van der Waals surface area contributed by atoms with Gasteiger partial charge in [-0.3, -0.25) is 9.36 Å². The van der Waals surface area contributed by atoms with Crippen LogP contribution in [0.5, 0.6) is 0 Å². The van der Waals surface area contributed by atoms with E-state index in [0.717, 1.165) is 29.2 Å². The fourth-order valence-corrected chi connectivity index (χ4v) is 4.52. The van der Waals surface area contributed by atoms with E-state index in [-0.39, 0.29) is 11.9 Å².